The molecule has 0 fully saturated rings. The van der Waals surface area contributed by atoms with Crippen LogP contribution >= 0.6 is 0 Å². The second-order valence-electron chi connectivity index (χ2n) is 8.00. The Morgan fingerprint density at radius 3 is 2.71 bits per heavy atom. The number of benzene rings is 1. The Morgan fingerprint density at radius 2 is 1.82 bits per heavy atom. The van der Waals surface area contributed by atoms with E-state index in [-0.39, 0.29) is 0 Å². The monoisotopic (exact) mass is 444 g/mol. The molecular weight excluding hydrogens is 424 g/mol. The Morgan fingerprint density at radius 1 is 0.912 bits per heavy atom. The summed E-state index contributed by atoms with van der Waals surface area (Å²) in [7, 11) is 0. The van der Waals surface area contributed by atoms with E-state index in [9.17, 15) is 0 Å². The van der Waals surface area contributed by atoms with E-state index in [4.69, 9.17) is 4.98 Å². The molecule has 6 aromatic rings. The summed E-state index contributed by atoms with van der Waals surface area (Å²) >= 11 is 0. The van der Waals surface area contributed by atoms with Gasteiger partial charge >= 0.3 is 0 Å². The van der Waals surface area contributed by atoms with Gasteiger partial charge in [0.1, 0.15) is 11.0 Å². The molecule has 0 atom stereocenters. The van der Waals surface area contributed by atoms with E-state index >= 15 is 0 Å². The molecule has 5 aromatic heterocycles. The number of H-pyrrole nitrogens is 2. The molecular formula is C26H20N8. The van der Waals surface area contributed by atoms with Crippen LogP contribution in [0.1, 0.15) is 5.56 Å². The van der Waals surface area contributed by atoms with Crippen LogP contribution < -0.4 is 5.32 Å². The van der Waals surface area contributed by atoms with Crippen LogP contribution in [-0.2, 0) is 6.42 Å². The number of hydrogen-bond acceptors (Lipinski definition) is 6. The van der Waals surface area contributed by atoms with Crippen LogP contribution in [0.4, 0.5) is 5.69 Å². The molecule has 0 unspecified atom stereocenters. The lowest BCUT2D eigenvalue weighted by molar-refractivity contribution is 1.10. The van der Waals surface area contributed by atoms with Gasteiger partial charge in [-0.3, -0.25) is 15.1 Å². The molecule has 0 aliphatic carbocycles. The van der Waals surface area contributed by atoms with E-state index in [1.54, 1.807) is 24.8 Å². The van der Waals surface area contributed by atoms with E-state index in [1.165, 1.54) is 5.56 Å². The third-order valence-corrected chi connectivity index (χ3v) is 5.53. The molecule has 164 valence electrons. The van der Waals surface area contributed by atoms with E-state index in [0.717, 1.165) is 51.1 Å². The van der Waals surface area contributed by atoms with Crippen molar-refractivity contribution in [1.82, 2.24) is 35.1 Å². The van der Waals surface area contributed by atoms with Gasteiger partial charge in [0.2, 0.25) is 0 Å². The van der Waals surface area contributed by atoms with Gasteiger partial charge in [0.05, 0.1) is 34.8 Å². The van der Waals surface area contributed by atoms with Crippen LogP contribution in [0.5, 0.6) is 0 Å². The normalized spacial score (nSPS) is 11.2. The largest absolute Gasteiger partial charge is 0.358 e. The van der Waals surface area contributed by atoms with Crippen LogP contribution in [-0.4, -0.2) is 35.1 Å². The van der Waals surface area contributed by atoms with Crippen LogP contribution in [0.3, 0.4) is 0 Å². The summed E-state index contributed by atoms with van der Waals surface area (Å²) in [4.78, 5) is 21.3. The molecule has 0 radical (unpaired) electrons. The summed E-state index contributed by atoms with van der Waals surface area (Å²) < 4.78 is 0. The molecule has 0 saturated carbocycles. The molecule has 0 bridgehead atoms. The van der Waals surface area contributed by atoms with Crippen LogP contribution in [0.25, 0.3) is 44.8 Å². The molecule has 0 spiro atoms. The molecule has 34 heavy (non-hydrogen) atoms. The first-order chi connectivity index (χ1) is 16.7. The van der Waals surface area contributed by atoms with Crippen molar-refractivity contribution >= 4 is 27.8 Å². The summed E-state index contributed by atoms with van der Waals surface area (Å²) in [5.41, 5.74) is 8.53. The zero-order valence-electron chi connectivity index (χ0n) is 18.2. The molecule has 8 nitrogen and oxygen atoms in total. The predicted octanol–water partition coefficient (Wildman–Crippen LogP) is 5.13. The topological polar surface area (TPSA) is 108 Å². The van der Waals surface area contributed by atoms with E-state index in [1.807, 2.05) is 42.5 Å². The summed E-state index contributed by atoms with van der Waals surface area (Å²) in [6.07, 6.45) is 7.77. The van der Waals surface area contributed by atoms with Crippen LogP contribution in [0.15, 0.2) is 91.7 Å². The zero-order chi connectivity index (χ0) is 22.9. The highest BCUT2D eigenvalue weighted by atomic mass is 15.1. The molecule has 8 heteroatoms. The van der Waals surface area contributed by atoms with Crippen molar-refractivity contribution < 1.29 is 0 Å². The van der Waals surface area contributed by atoms with Gasteiger partial charge < -0.3 is 10.3 Å². The molecule has 0 saturated heterocycles. The maximum Gasteiger partial charge on any atom is 0.161 e. The number of fused-ring (bicyclic) bond motifs is 2. The summed E-state index contributed by atoms with van der Waals surface area (Å²) in [5, 5.41) is 10.9. The first-order valence-corrected chi connectivity index (χ1v) is 10.8. The lowest BCUT2D eigenvalue weighted by atomic mass is 10.1. The first-order valence-electron chi connectivity index (χ1n) is 10.8. The number of anilines is 1. The predicted molar refractivity (Wildman–Crippen MR) is 133 cm³/mol. The summed E-state index contributed by atoms with van der Waals surface area (Å²) in [6, 6.07) is 18.0. The van der Waals surface area contributed by atoms with Gasteiger partial charge in [-0.2, -0.15) is 5.10 Å². The number of rotatable bonds is 6. The number of hydrogen-bond donors (Lipinski definition) is 3. The molecule has 0 aliphatic rings. The van der Waals surface area contributed by atoms with Gasteiger partial charge in [-0.1, -0.05) is 36.9 Å². The van der Waals surface area contributed by atoms with Gasteiger partial charge in [0, 0.05) is 30.1 Å². The maximum atomic E-state index is 4.88. The quantitative estimate of drug-likeness (QED) is 0.329. The third kappa shape index (κ3) is 3.77. The third-order valence-electron chi connectivity index (χ3n) is 5.53. The van der Waals surface area contributed by atoms with E-state index < -0.39 is 0 Å². The number of imidazole rings is 1. The van der Waals surface area contributed by atoms with Gasteiger partial charge in [-0.05, 0) is 29.8 Å². The van der Waals surface area contributed by atoms with Gasteiger partial charge in [-0.25, -0.2) is 9.97 Å². The number of pyridine rings is 3. The molecule has 6 rings (SSSR count). The van der Waals surface area contributed by atoms with E-state index in [2.05, 4.69) is 54.2 Å². The Bertz CT molecular complexity index is 1600. The fraction of sp³-hybridized carbons (Fsp3) is 0.0385. The fourth-order valence-corrected chi connectivity index (χ4v) is 3.93. The summed E-state index contributed by atoms with van der Waals surface area (Å²) in [6.45, 7) is 4.16. The van der Waals surface area contributed by atoms with Gasteiger partial charge in [0.25, 0.3) is 0 Å². The Hall–Kier alpha value is -4.85. The van der Waals surface area contributed by atoms with Crippen molar-refractivity contribution in [2.75, 3.05) is 5.32 Å². The number of allylic oxidation sites excluding steroid dienone is 1. The van der Waals surface area contributed by atoms with Crippen molar-refractivity contribution in [2.45, 2.75) is 6.42 Å². The number of nitrogens with one attached hydrogen (secondary N) is 3. The second kappa shape index (κ2) is 8.25. The highest BCUT2D eigenvalue weighted by Gasteiger charge is 2.15. The van der Waals surface area contributed by atoms with E-state index in [0.29, 0.717) is 11.5 Å². The average Bonchev–Trinajstić information content (AvgIpc) is 3.48. The molecule has 5 heterocycles. The van der Waals surface area contributed by atoms with Crippen molar-refractivity contribution in [3.63, 3.8) is 0 Å². The minimum atomic E-state index is 0.643. The highest BCUT2D eigenvalue weighted by molar-refractivity contribution is 5.91. The molecule has 3 N–H and O–H groups in total. The van der Waals surface area contributed by atoms with Crippen molar-refractivity contribution in [3.8, 4) is 22.8 Å². The lowest BCUT2D eigenvalue weighted by Gasteiger charge is -2.11. The Labute approximate surface area is 194 Å². The highest BCUT2D eigenvalue weighted by Crippen LogP contribution is 2.28. The number of aromatic nitrogens is 7. The standard InChI is InChI=1S/C26H20N8/c1-16(11-17-5-3-2-4-6-17)29-19-12-18(13-28-14-19)20-7-8-22-24(30-20)25(34-33-22)26-31-21-9-10-27-15-23(21)32-26/h2-10,12-15,29H,1,11H2,(H,31,32)(H,33,34). The molecule has 0 amide bonds. The first kappa shape index (κ1) is 19.8. The minimum absolute atomic E-state index is 0.643. The average molecular weight is 445 g/mol. The molecule has 1 aromatic carbocycles. The van der Waals surface area contributed by atoms with Crippen molar-refractivity contribution in [2.24, 2.45) is 0 Å². The Kier molecular flexibility index (Phi) is 4.81. The smallest absolute Gasteiger partial charge is 0.161 e. The van der Waals surface area contributed by atoms with Gasteiger partial charge in [0.15, 0.2) is 11.5 Å². The summed E-state index contributed by atoms with van der Waals surface area (Å²) in [5.74, 6) is 0.643. The zero-order valence-corrected chi connectivity index (χ0v) is 18.2. The fourth-order valence-electron chi connectivity index (χ4n) is 3.93. The van der Waals surface area contributed by atoms with Crippen molar-refractivity contribution in [1.29, 1.82) is 0 Å². The Balaban J connectivity index is 1.30. The lowest BCUT2D eigenvalue weighted by Crippen LogP contribution is -2.02. The van der Waals surface area contributed by atoms with Crippen LogP contribution in [0.2, 0.25) is 0 Å². The van der Waals surface area contributed by atoms with Gasteiger partial charge in [-0.15, -0.1) is 0 Å². The van der Waals surface area contributed by atoms with Crippen molar-refractivity contribution in [3.05, 3.63) is 97.2 Å². The SMILES string of the molecule is C=C(Cc1ccccc1)Nc1cncc(-c2ccc3[nH]nc(-c4nc5cnccc5[nH]4)c3n2)c1. The maximum absolute atomic E-state index is 4.88. The van der Waals surface area contributed by atoms with Crippen LogP contribution in [0, 0.1) is 0 Å². The second-order valence-corrected chi connectivity index (χ2v) is 8.00. The minimum Gasteiger partial charge on any atom is -0.358 e. The number of aromatic amines is 2. The number of nitrogens with zero attached hydrogens (tertiary/aromatic N) is 5. The molecule has 0 aliphatic heterocycles.